The first-order valence-electron chi connectivity index (χ1n) is 10.4. The molecule has 3 aromatic carbocycles. The molecule has 1 saturated heterocycles. The van der Waals surface area contributed by atoms with Gasteiger partial charge >= 0.3 is 0 Å². The number of ether oxygens (including phenoxy) is 1. The number of methoxy groups -OCH3 is 1. The summed E-state index contributed by atoms with van der Waals surface area (Å²) in [5, 5.41) is 11.6. The standard InChI is InChI=1S/C25H25N3O2S/c1-3-7-23-24(29)28(17-18-12-14-21(30-2)15-13-18)25(31-23)27-26-16-20-10-6-9-19-8-4-5-11-22(19)20/h4-6,8-16,23H,3,7,17H2,1-2H3/b26-16-,27-25+/t23-/m1/s1. The molecule has 0 unspecified atom stereocenters. The Morgan fingerprint density at radius 2 is 1.84 bits per heavy atom. The maximum Gasteiger partial charge on any atom is 0.242 e. The van der Waals surface area contributed by atoms with Gasteiger partial charge in [0.1, 0.15) is 5.75 Å². The molecule has 0 N–H and O–H groups in total. The van der Waals surface area contributed by atoms with Crippen LogP contribution in [0.1, 0.15) is 30.9 Å². The van der Waals surface area contributed by atoms with Crippen LogP contribution in [0.2, 0.25) is 0 Å². The minimum Gasteiger partial charge on any atom is -0.497 e. The fourth-order valence-electron chi connectivity index (χ4n) is 3.59. The van der Waals surface area contributed by atoms with Crippen molar-refractivity contribution in [2.45, 2.75) is 31.6 Å². The number of amides is 1. The molecule has 0 saturated carbocycles. The van der Waals surface area contributed by atoms with Gasteiger partial charge in [-0.3, -0.25) is 9.69 Å². The number of amidine groups is 1. The highest BCUT2D eigenvalue weighted by Gasteiger charge is 2.37. The van der Waals surface area contributed by atoms with Gasteiger partial charge in [0, 0.05) is 5.56 Å². The zero-order chi connectivity index (χ0) is 21.6. The zero-order valence-electron chi connectivity index (χ0n) is 17.7. The Morgan fingerprint density at radius 3 is 2.61 bits per heavy atom. The number of hydrogen-bond acceptors (Lipinski definition) is 5. The number of carbonyl (C=O) groups is 1. The Kier molecular flexibility index (Phi) is 6.67. The molecule has 1 heterocycles. The van der Waals surface area contributed by atoms with Crippen molar-refractivity contribution in [1.29, 1.82) is 0 Å². The molecule has 0 spiro atoms. The Labute approximate surface area is 186 Å². The Hall–Kier alpha value is -3.12. The van der Waals surface area contributed by atoms with E-state index in [9.17, 15) is 4.79 Å². The zero-order valence-corrected chi connectivity index (χ0v) is 18.5. The van der Waals surface area contributed by atoms with Crippen LogP contribution in [0.3, 0.4) is 0 Å². The molecular weight excluding hydrogens is 406 g/mol. The van der Waals surface area contributed by atoms with Gasteiger partial charge in [-0.2, -0.15) is 5.10 Å². The third-order valence-electron chi connectivity index (χ3n) is 5.23. The van der Waals surface area contributed by atoms with Crippen molar-refractivity contribution < 1.29 is 9.53 Å². The van der Waals surface area contributed by atoms with Crippen molar-refractivity contribution in [3.63, 3.8) is 0 Å². The van der Waals surface area contributed by atoms with E-state index in [-0.39, 0.29) is 11.2 Å². The lowest BCUT2D eigenvalue weighted by molar-refractivity contribution is -0.126. The van der Waals surface area contributed by atoms with E-state index in [0.717, 1.165) is 40.5 Å². The van der Waals surface area contributed by atoms with Crippen molar-refractivity contribution in [3.05, 3.63) is 77.9 Å². The summed E-state index contributed by atoms with van der Waals surface area (Å²) < 4.78 is 5.23. The highest BCUT2D eigenvalue weighted by atomic mass is 32.2. The van der Waals surface area contributed by atoms with Crippen LogP contribution in [-0.4, -0.2) is 34.5 Å². The summed E-state index contributed by atoms with van der Waals surface area (Å²) in [6, 6.07) is 22.1. The van der Waals surface area contributed by atoms with Crippen LogP contribution in [0.25, 0.3) is 10.8 Å². The fourth-order valence-corrected chi connectivity index (χ4v) is 4.81. The van der Waals surface area contributed by atoms with Gasteiger partial charge in [-0.05, 0) is 34.9 Å². The maximum absolute atomic E-state index is 13.0. The molecule has 0 aliphatic carbocycles. The summed E-state index contributed by atoms with van der Waals surface area (Å²) >= 11 is 1.51. The second-order valence-electron chi connectivity index (χ2n) is 7.36. The normalized spacial score (nSPS) is 17.9. The number of nitrogens with zero attached hydrogens (tertiary/aromatic N) is 3. The highest BCUT2D eigenvalue weighted by Crippen LogP contribution is 2.32. The van der Waals surface area contributed by atoms with Gasteiger partial charge in [0.25, 0.3) is 0 Å². The second-order valence-corrected chi connectivity index (χ2v) is 8.53. The Bertz CT molecular complexity index is 1120. The number of fused-ring (bicyclic) bond motifs is 1. The average molecular weight is 432 g/mol. The van der Waals surface area contributed by atoms with Gasteiger partial charge in [-0.1, -0.05) is 79.7 Å². The van der Waals surface area contributed by atoms with E-state index in [2.05, 4.69) is 35.3 Å². The first-order chi connectivity index (χ1) is 15.2. The molecule has 4 rings (SSSR count). The molecule has 1 aliphatic heterocycles. The number of benzene rings is 3. The lowest BCUT2D eigenvalue weighted by Crippen LogP contribution is -2.31. The lowest BCUT2D eigenvalue weighted by Gasteiger charge is -2.16. The minimum atomic E-state index is -0.102. The number of carbonyl (C=O) groups excluding carboxylic acids is 1. The van der Waals surface area contributed by atoms with Crippen LogP contribution < -0.4 is 4.74 Å². The van der Waals surface area contributed by atoms with Crippen LogP contribution in [0, 0.1) is 0 Å². The SMILES string of the molecule is CCC[C@H]1S/C(=N/N=C\c2cccc3ccccc23)N(Cc2ccc(OC)cc2)C1=O. The van der Waals surface area contributed by atoms with Gasteiger partial charge in [0.15, 0.2) is 5.17 Å². The first-order valence-corrected chi connectivity index (χ1v) is 11.3. The van der Waals surface area contributed by atoms with E-state index in [4.69, 9.17) is 4.74 Å². The summed E-state index contributed by atoms with van der Waals surface area (Å²) in [6.07, 6.45) is 3.54. The topological polar surface area (TPSA) is 54.3 Å². The fraction of sp³-hybridized carbons (Fsp3) is 0.240. The molecule has 3 aromatic rings. The summed E-state index contributed by atoms with van der Waals surface area (Å²) in [6.45, 7) is 2.56. The van der Waals surface area contributed by atoms with E-state index in [1.54, 1.807) is 18.2 Å². The molecular formula is C25H25N3O2S. The van der Waals surface area contributed by atoms with Crippen molar-refractivity contribution in [2.24, 2.45) is 10.2 Å². The van der Waals surface area contributed by atoms with Gasteiger partial charge in [0.2, 0.25) is 5.91 Å². The molecule has 0 bridgehead atoms. The Morgan fingerprint density at radius 1 is 1.06 bits per heavy atom. The molecule has 31 heavy (non-hydrogen) atoms. The van der Waals surface area contributed by atoms with Crippen LogP contribution >= 0.6 is 11.8 Å². The van der Waals surface area contributed by atoms with E-state index in [1.807, 2.05) is 48.5 Å². The van der Waals surface area contributed by atoms with Crippen LogP contribution in [0.15, 0.2) is 76.9 Å². The minimum absolute atomic E-state index is 0.0989. The molecule has 1 fully saturated rings. The molecule has 158 valence electrons. The molecule has 6 heteroatoms. The van der Waals surface area contributed by atoms with E-state index in [0.29, 0.717) is 11.7 Å². The van der Waals surface area contributed by atoms with Crippen LogP contribution in [-0.2, 0) is 11.3 Å². The van der Waals surface area contributed by atoms with Crippen LogP contribution in [0.4, 0.5) is 0 Å². The molecule has 0 radical (unpaired) electrons. The molecule has 0 aromatic heterocycles. The molecule has 5 nitrogen and oxygen atoms in total. The first kappa shape index (κ1) is 21.1. The maximum atomic E-state index is 13.0. The van der Waals surface area contributed by atoms with Crippen molar-refractivity contribution >= 4 is 39.8 Å². The largest absolute Gasteiger partial charge is 0.497 e. The van der Waals surface area contributed by atoms with Gasteiger partial charge < -0.3 is 4.74 Å². The second kappa shape index (κ2) is 9.79. The Balaban J connectivity index is 1.58. The third kappa shape index (κ3) is 4.80. The highest BCUT2D eigenvalue weighted by molar-refractivity contribution is 8.15. The number of rotatable bonds is 7. The van der Waals surface area contributed by atoms with E-state index in [1.165, 1.54) is 11.8 Å². The lowest BCUT2D eigenvalue weighted by atomic mass is 10.1. The van der Waals surface area contributed by atoms with Crippen molar-refractivity contribution in [1.82, 2.24) is 4.90 Å². The average Bonchev–Trinajstić information content (AvgIpc) is 3.09. The van der Waals surface area contributed by atoms with E-state index >= 15 is 0 Å². The number of thioether (sulfide) groups is 1. The van der Waals surface area contributed by atoms with Gasteiger partial charge in [-0.25, -0.2) is 0 Å². The monoisotopic (exact) mass is 431 g/mol. The smallest absolute Gasteiger partial charge is 0.242 e. The number of hydrogen-bond donors (Lipinski definition) is 0. The summed E-state index contributed by atoms with van der Waals surface area (Å²) in [7, 11) is 1.64. The summed E-state index contributed by atoms with van der Waals surface area (Å²) in [4.78, 5) is 14.7. The molecule has 1 atom stereocenters. The third-order valence-corrected chi connectivity index (χ3v) is 6.47. The van der Waals surface area contributed by atoms with Crippen molar-refractivity contribution in [2.75, 3.05) is 7.11 Å². The van der Waals surface area contributed by atoms with Crippen LogP contribution in [0.5, 0.6) is 5.75 Å². The summed E-state index contributed by atoms with van der Waals surface area (Å²) in [5.41, 5.74) is 2.03. The van der Waals surface area contributed by atoms with Gasteiger partial charge in [-0.15, -0.1) is 5.10 Å². The van der Waals surface area contributed by atoms with Crippen molar-refractivity contribution in [3.8, 4) is 5.75 Å². The molecule has 1 amide bonds. The quantitative estimate of drug-likeness (QED) is 0.368. The predicted octanol–water partition coefficient (Wildman–Crippen LogP) is 5.48. The molecule has 1 aliphatic rings. The predicted molar refractivity (Wildman–Crippen MR) is 129 cm³/mol. The summed E-state index contributed by atoms with van der Waals surface area (Å²) in [5.74, 6) is 0.894. The van der Waals surface area contributed by atoms with Gasteiger partial charge in [0.05, 0.1) is 25.1 Å². The van der Waals surface area contributed by atoms with E-state index < -0.39 is 0 Å².